The first-order chi connectivity index (χ1) is 7.27. The molecule has 1 heterocycles. The molecule has 2 amide bonds. The number of halogens is 1. The molecule has 2 rings (SSSR count). The Labute approximate surface area is 87.9 Å². The maximum absolute atomic E-state index is 13.2. The summed E-state index contributed by atoms with van der Waals surface area (Å²) in [6, 6.07) is 5.98. The van der Waals surface area contributed by atoms with E-state index in [1.165, 1.54) is 6.07 Å². The average molecular weight is 208 g/mol. The highest BCUT2D eigenvalue weighted by Gasteiger charge is 2.18. The van der Waals surface area contributed by atoms with Crippen LogP contribution in [0.15, 0.2) is 24.3 Å². The molecule has 15 heavy (non-hydrogen) atoms. The molecule has 0 saturated carbocycles. The van der Waals surface area contributed by atoms with Crippen LogP contribution in [-0.4, -0.2) is 24.0 Å². The minimum Gasteiger partial charge on any atom is -0.325 e. The Bertz CT molecular complexity index is 361. The van der Waals surface area contributed by atoms with Gasteiger partial charge >= 0.3 is 6.03 Å². The quantitative estimate of drug-likeness (QED) is 0.755. The number of benzene rings is 1. The summed E-state index contributed by atoms with van der Waals surface area (Å²) in [5.74, 6) is -0.398. The van der Waals surface area contributed by atoms with Gasteiger partial charge in [0.2, 0.25) is 0 Å². The fourth-order valence-electron chi connectivity index (χ4n) is 1.68. The summed E-state index contributed by atoms with van der Waals surface area (Å²) in [5.41, 5.74) is 0.245. The second kappa shape index (κ2) is 4.29. The van der Waals surface area contributed by atoms with Crippen LogP contribution in [0.4, 0.5) is 14.9 Å². The number of carbonyl (C=O) groups is 1. The van der Waals surface area contributed by atoms with Gasteiger partial charge in [0.1, 0.15) is 5.82 Å². The van der Waals surface area contributed by atoms with Gasteiger partial charge in [-0.1, -0.05) is 12.1 Å². The highest BCUT2D eigenvalue weighted by molar-refractivity contribution is 5.89. The number of amides is 2. The van der Waals surface area contributed by atoms with Crippen molar-refractivity contribution in [1.82, 2.24) is 4.90 Å². The van der Waals surface area contributed by atoms with Crippen LogP contribution in [0.3, 0.4) is 0 Å². The number of likely N-dealkylation sites (tertiary alicyclic amines) is 1. The van der Waals surface area contributed by atoms with E-state index in [0.29, 0.717) is 0 Å². The first-order valence-corrected chi connectivity index (χ1v) is 5.08. The van der Waals surface area contributed by atoms with Crippen molar-refractivity contribution >= 4 is 11.7 Å². The Kier molecular flexibility index (Phi) is 2.85. The smallest absolute Gasteiger partial charge is 0.321 e. The van der Waals surface area contributed by atoms with Gasteiger partial charge < -0.3 is 10.2 Å². The first-order valence-electron chi connectivity index (χ1n) is 5.08. The summed E-state index contributed by atoms with van der Waals surface area (Å²) in [6.45, 7) is 1.53. The molecule has 0 bridgehead atoms. The van der Waals surface area contributed by atoms with Gasteiger partial charge in [0.05, 0.1) is 5.69 Å². The molecular formula is C11H13FN2O. The number of carbonyl (C=O) groups excluding carboxylic acids is 1. The molecule has 0 aromatic heterocycles. The lowest BCUT2D eigenvalue weighted by Crippen LogP contribution is -2.32. The van der Waals surface area contributed by atoms with Crippen molar-refractivity contribution < 1.29 is 9.18 Å². The summed E-state index contributed by atoms with van der Waals surface area (Å²) >= 11 is 0. The van der Waals surface area contributed by atoms with E-state index in [2.05, 4.69) is 5.32 Å². The monoisotopic (exact) mass is 208 g/mol. The lowest BCUT2D eigenvalue weighted by molar-refractivity contribution is 0.222. The molecule has 1 aliphatic rings. The SMILES string of the molecule is O=C(Nc1ccccc1F)N1CCCC1. The molecule has 1 N–H and O–H groups in total. The van der Waals surface area contributed by atoms with E-state index in [1.54, 1.807) is 23.1 Å². The highest BCUT2D eigenvalue weighted by atomic mass is 19.1. The number of urea groups is 1. The molecule has 1 aromatic rings. The normalized spacial score (nSPS) is 15.4. The topological polar surface area (TPSA) is 32.3 Å². The summed E-state index contributed by atoms with van der Waals surface area (Å²) in [5, 5.41) is 2.56. The van der Waals surface area contributed by atoms with Crippen LogP contribution in [0.1, 0.15) is 12.8 Å². The van der Waals surface area contributed by atoms with Gasteiger partial charge in [0.25, 0.3) is 0 Å². The van der Waals surface area contributed by atoms with Gasteiger partial charge in [-0.3, -0.25) is 0 Å². The third-order valence-corrected chi connectivity index (χ3v) is 2.51. The van der Waals surface area contributed by atoms with Crippen LogP contribution < -0.4 is 5.32 Å². The number of rotatable bonds is 1. The van der Waals surface area contributed by atoms with Gasteiger partial charge in [-0.25, -0.2) is 9.18 Å². The minimum atomic E-state index is -0.398. The maximum atomic E-state index is 13.2. The van der Waals surface area contributed by atoms with E-state index < -0.39 is 5.82 Å². The molecular weight excluding hydrogens is 195 g/mol. The number of nitrogens with one attached hydrogen (secondary N) is 1. The zero-order chi connectivity index (χ0) is 10.7. The third-order valence-electron chi connectivity index (χ3n) is 2.51. The summed E-state index contributed by atoms with van der Waals surface area (Å²) in [6.07, 6.45) is 2.06. The molecule has 0 atom stereocenters. The molecule has 1 aliphatic heterocycles. The Balaban J connectivity index is 2.02. The maximum Gasteiger partial charge on any atom is 0.321 e. The van der Waals surface area contributed by atoms with E-state index in [9.17, 15) is 9.18 Å². The van der Waals surface area contributed by atoms with Crippen molar-refractivity contribution in [2.45, 2.75) is 12.8 Å². The van der Waals surface area contributed by atoms with Crippen LogP contribution in [0, 0.1) is 5.82 Å². The lowest BCUT2D eigenvalue weighted by Gasteiger charge is -2.16. The molecule has 1 aromatic carbocycles. The number of nitrogens with zero attached hydrogens (tertiary/aromatic N) is 1. The molecule has 3 nitrogen and oxygen atoms in total. The molecule has 4 heteroatoms. The van der Waals surface area contributed by atoms with Crippen LogP contribution in [0.25, 0.3) is 0 Å². The third kappa shape index (κ3) is 2.26. The highest BCUT2D eigenvalue weighted by Crippen LogP contribution is 2.15. The van der Waals surface area contributed by atoms with E-state index in [-0.39, 0.29) is 11.7 Å². The van der Waals surface area contributed by atoms with Crippen molar-refractivity contribution in [3.05, 3.63) is 30.1 Å². The van der Waals surface area contributed by atoms with Crippen molar-refractivity contribution in [3.63, 3.8) is 0 Å². The molecule has 0 aliphatic carbocycles. The van der Waals surface area contributed by atoms with Gasteiger partial charge in [-0.2, -0.15) is 0 Å². The van der Waals surface area contributed by atoms with Crippen LogP contribution in [0.5, 0.6) is 0 Å². The van der Waals surface area contributed by atoms with Crippen molar-refractivity contribution in [2.75, 3.05) is 18.4 Å². The Morgan fingerprint density at radius 2 is 1.93 bits per heavy atom. The molecule has 0 radical (unpaired) electrons. The van der Waals surface area contributed by atoms with Crippen molar-refractivity contribution in [2.24, 2.45) is 0 Å². The summed E-state index contributed by atoms with van der Waals surface area (Å²) in [4.78, 5) is 13.3. The molecule has 0 unspecified atom stereocenters. The second-order valence-electron chi connectivity index (χ2n) is 3.60. The van der Waals surface area contributed by atoms with E-state index in [4.69, 9.17) is 0 Å². The minimum absolute atomic E-state index is 0.211. The van der Waals surface area contributed by atoms with E-state index in [1.807, 2.05) is 0 Å². The fraction of sp³-hybridized carbons (Fsp3) is 0.364. The summed E-state index contributed by atoms with van der Waals surface area (Å²) < 4.78 is 13.2. The van der Waals surface area contributed by atoms with E-state index in [0.717, 1.165) is 25.9 Å². The predicted octanol–water partition coefficient (Wildman–Crippen LogP) is 2.45. The molecule has 1 fully saturated rings. The number of para-hydroxylation sites is 1. The van der Waals surface area contributed by atoms with Crippen LogP contribution in [-0.2, 0) is 0 Å². The lowest BCUT2D eigenvalue weighted by atomic mass is 10.3. The van der Waals surface area contributed by atoms with Crippen LogP contribution >= 0.6 is 0 Å². The Hall–Kier alpha value is -1.58. The standard InChI is InChI=1S/C11H13FN2O/c12-9-5-1-2-6-10(9)13-11(15)14-7-3-4-8-14/h1-2,5-6H,3-4,7-8H2,(H,13,15). The predicted molar refractivity (Wildman–Crippen MR) is 56.2 cm³/mol. The van der Waals surface area contributed by atoms with Crippen LogP contribution in [0.2, 0.25) is 0 Å². The zero-order valence-electron chi connectivity index (χ0n) is 8.37. The second-order valence-corrected chi connectivity index (χ2v) is 3.60. The fourth-order valence-corrected chi connectivity index (χ4v) is 1.68. The number of hydrogen-bond donors (Lipinski definition) is 1. The first kappa shape index (κ1) is 9.96. The van der Waals surface area contributed by atoms with Gasteiger partial charge in [0.15, 0.2) is 0 Å². The largest absolute Gasteiger partial charge is 0.325 e. The Morgan fingerprint density at radius 1 is 1.27 bits per heavy atom. The Morgan fingerprint density at radius 3 is 2.60 bits per heavy atom. The van der Waals surface area contributed by atoms with Crippen molar-refractivity contribution in [3.8, 4) is 0 Å². The van der Waals surface area contributed by atoms with E-state index >= 15 is 0 Å². The number of anilines is 1. The molecule has 0 spiro atoms. The summed E-state index contributed by atoms with van der Waals surface area (Å²) in [7, 11) is 0. The average Bonchev–Trinajstić information content (AvgIpc) is 2.74. The molecule has 1 saturated heterocycles. The van der Waals surface area contributed by atoms with Gasteiger partial charge in [0, 0.05) is 13.1 Å². The zero-order valence-corrected chi connectivity index (χ0v) is 8.37. The van der Waals surface area contributed by atoms with Gasteiger partial charge in [-0.05, 0) is 25.0 Å². The number of hydrogen-bond acceptors (Lipinski definition) is 1. The van der Waals surface area contributed by atoms with Crippen molar-refractivity contribution in [1.29, 1.82) is 0 Å². The van der Waals surface area contributed by atoms with Gasteiger partial charge in [-0.15, -0.1) is 0 Å². The molecule has 80 valence electrons.